The Labute approximate surface area is 49.1 Å². The third-order valence-corrected chi connectivity index (χ3v) is 1.38. The maximum Gasteiger partial charge on any atom is 0.0721 e. The van der Waals surface area contributed by atoms with Crippen LogP contribution in [0.25, 0.3) is 0 Å². The molecule has 1 aliphatic heterocycles. The lowest BCUT2D eigenvalue weighted by Crippen LogP contribution is -1.95. The standard InChI is InChI=1S/C6H9NO/c1-5-2-6(3-7)4-8-5/h5-6H,2,4H2,1H3. The summed E-state index contributed by atoms with van der Waals surface area (Å²) in [6.07, 6.45) is 1.22. The molecule has 0 aromatic rings. The van der Waals surface area contributed by atoms with Crippen LogP contribution < -0.4 is 0 Å². The Balaban J connectivity index is 2.35. The quantitative estimate of drug-likeness (QED) is 0.466. The van der Waals surface area contributed by atoms with Crippen LogP contribution in [0.4, 0.5) is 0 Å². The van der Waals surface area contributed by atoms with Crippen molar-refractivity contribution in [1.29, 1.82) is 5.26 Å². The number of rotatable bonds is 0. The Morgan fingerprint density at radius 1 is 1.75 bits per heavy atom. The first kappa shape index (κ1) is 5.58. The molecule has 1 heterocycles. The fraction of sp³-hybridized carbons (Fsp3) is 0.833. The summed E-state index contributed by atoms with van der Waals surface area (Å²) < 4.78 is 5.13. The maximum absolute atomic E-state index is 8.35. The number of hydrogen-bond acceptors (Lipinski definition) is 2. The van der Waals surface area contributed by atoms with Crippen LogP contribution in [-0.2, 0) is 4.74 Å². The predicted molar refractivity (Wildman–Crippen MR) is 29.1 cm³/mol. The first-order valence-corrected chi connectivity index (χ1v) is 2.84. The van der Waals surface area contributed by atoms with Crippen molar-refractivity contribution in [1.82, 2.24) is 0 Å². The molecule has 1 rings (SSSR count). The molecule has 1 saturated heterocycles. The van der Waals surface area contributed by atoms with E-state index in [2.05, 4.69) is 6.07 Å². The Morgan fingerprint density at radius 3 is 2.75 bits per heavy atom. The van der Waals surface area contributed by atoms with E-state index in [1.807, 2.05) is 6.92 Å². The van der Waals surface area contributed by atoms with E-state index in [-0.39, 0.29) is 5.92 Å². The van der Waals surface area contributed by atoms with Gasteiger partial charge in [0.05, 0.1) is 24.7 Å². The minimum atomic E-state index is 0.157. The maximum atomic E-state index is 8.35. The summed E-state index contributed by atoms with van der Waals surface area (Å²) in [5.41, 5.74) is 0. The molecule has 1 fully saturated rings. The lowest BCUT2D eigenvalue weighted by molar-refractivity contribution is 0.122. The number of hydrogen-bond donors (Lipinski definition) is 0. The summed E-state index contributed by atoms with van der Waals surface area (Å²) in [5.74, 6) is 0.157. The third-order valence-electron chi connectivity index (χ3n) is 1.38. The number of nitriles is 1. The van der Waals surface area contributed by atoms with Gasteiger partial charge in [-0.1, -0.05) is 0 Å². The van der Waals surface area contributed by atoms with Gasteiger partial charge in [0.2, 0.25) is 0 Å². The molecular weight excluding hydrogens is 102 g/mol. The van der Waals surface area contributed by atoms with E-state index >= 15 is 0 Å². The minimum Gasteiger partial charge on any atom is -0.377 e. The monoisotopic (exact) mass is 111 g/mol. The van der Waals surface area contributed by atoms with Crippen LogP contribution >= 0.6 is 0 Å². The number of ether oxygens (including phenoxy) is 1. The largest absolute Gasteiger partial charge is 0.377 e. The molecule has 1 aliphatic rings. The summed E-state index contributed by atoms with van der Waals surface area (Å²) >= 11 is 0. The molecule has 0 spiro atoms. The molecule has 8 heavy (non-hydrogen) atoms. The molecule has 0 aromatic heterocycles. The molecule has 0 radical (unpaired) electrons. The van der Waals surface area contributed by atoms with Gasteiger partial charge in [-0.15, -0.1) is 0 Å². The Bertz CT molecular complexity index is 116. The van der Waals surface area contributed by atoms with E-state index in [0.29, 0.717) is 12.7 Å². The van der Waals surface area contributed by atoms with Crippen LogP contribution in [0, 0.1) is 17.2 Å². The zero-order chi connectivity index (χ0) is 5.98. The Hall–Kier alpha value is -0.550. The lowest BCUT2D eigenvalue weighted by atomic mass is 10.1. The van der Waals surface area contributed by atoms with E-state index in [1.54, 1.807) is 0 Å². The molecule has 0 N–H and O–H groups in total. The SMILES string of the molecule is CC1CC(C#N)CO1. The van der Waals surface area contributed by atoms with Crippen molar-refractivity contribution in [3.8, 4) is 6.07 Å². The summed E-state index contributed by atoms with van der Waals surface area (Å²) in [6, 6.07) is 2.17. The van der Waals surface area contributed by atoms with E-state index in [0.717, 1.165) is 6.42 Å². The smallest absolute Gasteiger partial charge is 0.0721 e. The van der Waals surface area contributed by atoms with Gasteiger partial charge in [-0.2, -0.15) is 5.26 Å². The van der Waals surface area contributed by atoms with Gasteiger partial charge in [-0.3, -0.25) is 0 Å². The van der Waals surface area contributed by atoms with Crippen LogP contribution in [0.15, 0.2) is 0 Å². The second kappa shape index (κ2) is 2.15. The fourth-order valence-electron chi connectivity index (χ4n) is 0.907. The molecule has 0 saturated carbocycles. The molecule has 44 valence electrons. The van der Waals surface area contributed by atoms with Gasteiger partial charge in [-0.25, -0.2) is 0 Å². The number of nitrogens with zero attached hydrogens (tertiary/aromatic N) is 1. The van der Waals surface area contributed by atoms with Gasteiger partial charge in [0.25, 0.3) is 0 Å². The lowest BCUT2D eigenvalue weighted by Gasteiger charge is -1.94. The average Bonchev–Trinajstić information content (AvgIpc) is 2.14. The predicted octanol–water partition coefficient (Wildman–Crippen LogP) is 0.935. The Kier molecular flexibility index (Phi) is 1.50. The van der Waals surface area contributed by atoms with Gasteiger partial charge in [0, 0.05) is 0 Å². The molecule has 2 heteroatoms. The van der Waals surface area contributed by atoms with Crippen molar-refractivity contribution in [2.45, 2.75) is 19.4 Å². The van der Waals surface area contributed by atoms with Crippen molar-refractivity contribution in [2.24, 2.45) is 5.92 Å². The zero-order valence-corrected chi connectivity index (χ0v) is 4.92. The van der Waals surface area contributed by atoms with Crippen molar-refractivity contribution >= 4 is 0 Å². The highest BCUT2D eigenvalue weighted by Crippen LogP contribution is 2.17. The van der Waals surface area contributed by atoms with Crippen LogP contribution in [0.1, 0.15) is 13.3 Å². The van der Waals surface area contributed by atoms with Crippen molar-refractivity contribution in [3.05, 3.63) is 0 Å². The van der Waals surface area contributed by atoms with Crippen LogP contribution in [0.2, 0.25) is 0 Å². The highest BCUT2D eigenvalue weighted by atomic mass is 16.5. The second-order valence-corrected chi connectivity index (χ2v) is 2.21. The van der Waals surface area contributed by atoms with Gasteiger partial charge < -0.3 is 4.74 Å². The molecule has 2 atom stereocenters. The molecule has 0 bridgehead atoms. The molecule has 2 nitrogen and oxygen atoms in total. The normalized spacial score (nSPS) is 37.0. The summed E-state index contributed by atoms with van der Waals surface area (Å²) in [5, 5.41) is 8.35. The van der Waals surface area contributed by atoms with E-state index in [1.165, 1.54) is 0 Å². The molecule has 0 aromatic carbocycles. The highest BCUT2D eigenvalue weighted by Gasteiger charge is 2.20. The minimum absolute atomic E-state index is 0.157. The van der Waals surface area contributed by atoms with E-state index < -0.39 is 0 Å². The third kappa shape index (κ3) is 0.988. The Morgan fingerprint density at radius 2 is 2.50 bits per heavy atom. The zero-order valence-electron chi connectivity index (χ0n) is 4.92. The van der Waals surface area contributed by atoms with E-state index in [9.17, 15) is 0 Å². The van der Waals surface area contributed by atoms with Crippen LogP contribution in [0.3, 0.4) is 0 Å². The highest BCUT2D eigenvalue weighted by molar-refractivity contribution is 4.87. The summed E-state index contributed by atoms with van der Waals surface area (Å²) in [4.78, 5) is 0. The summed E-state index contributed by atoms with van der Waals surface area (Å²) in [6.45, 7) is 2.63. The van der Waals surface area contributed by atoms with Crippen LogP contribution in [0.5, 0.6) is 0 Å². The second-order valence-electron chi connectivity index (χ2n) is 2.21. The van der Waals surface area contributed by atoms with Gasteiger partial charge in [-0.05, 0) is 13.3 Å². The van der Waals surface area contributed by atoms with Gasteiger partial charge in [0.15, 0.2) is 0 Å². The van der Waals surface area contributed by atoms with E-state index in [4.69, 9.17) is 10.00 Å². The van der Waals surface area contributed by atoms with Crippen molar-refractivity contribution in [3.63, 3.8) is 0 Å². The van der Waals surface area contributed by atoms with Gasteiger partial charge >= 0.3 is 0 Å². The topological polar surface area (TPSA) is 33.0 Å². The summed E-state index contributed by atoms with van der Waals surface area (Å²) in [7, 11) is 0. The first-order valence-electron chi connectivity index (χ1n) is 2.84. The van der Waals surface area contributed by atoms with Crippen molar-refractivity contribution < 1.29 is 4.74 Å². The average molecular weight is 111 g/mol. The first-order chi connectivity index (χ1) is 3.83. The van der Waals surface area contributed by atoms with Gasteiger partial charge in [0.1, 0.15) is 0 Å². The van der Waals surface area contributed by atoms with Crippen LogP contribution in [-0.4, -0.2) is 12.7 Å². The molecule has 0 aliphatic carbocycles. The molecule has 2 unspecified atom stereocenters. The fourth-order valence-corrected chi connectivity index (χ4v) is 0.907. The van der Waals surface area contributed by atoms with Crippen molar-refractivity contribution in [2.75, 3.05) is 6.61 Å². The molecular formula is C6H9NO. The molecule has 0 amide bonds.